The van der Waals surface area contributed by atoms with Crippen LogP contribution in [0.5, 0.6) is 0 Å². The maximum absolute atomic E-state index is 13.9. The highest BCUT2D eigenvalue weighted by atomic mass is 35.5. The van der Waals surface area contributed by atoms with E-state index in [4.69, 9.17) is 11.6 Å². The molecule has 98 valence electrons. The Morgan fingerprint density at radius 3 is 2.84 bits per heavy atom. The van der Waals surface area contributed by atoms with Crippen LogP contribution in [0.1, 0.15) is 18.4 Å². The van der Waals surface area contributed by atoms with Crippen molar-refractivity contribution in [2.24, 2.45) is 0 Å². The molecule has 19 heavy (non-hydrogen) atoms. The SMILES string of the molecule is Fc1cc(Cl)ccc1-c1cncc(CNC2CC2)c1. The van der Waals surface area contributed by atoms with E-state index in [1.807, 2.05) is 12.3 Å². The van der Waals surface area contributed by atoms with Crippen molar-refractivity contribution in [2.45, 2.75) is 25.4 Å². The van der Waals surface area contributed by atoms with Gasteiger partial charge in [0.1, 0.15) is 5.82 Å². The molecule has 0 unspecified atom stereocenters. The average Bonchev–Trinajstić information content (AvgIpc) is 3.21. The van der Waals surface area contributed by atoms with Crippen molar-refractivity contribution in [1.82, 2.24) is 10.3 Å². The number of halogens is 2. The van der Waals surface area contributed by atoms with Gasteiger partial charge in [-0.1, -0.05) is 11.6 Å². The first-order chi connectivity index (χ1) is 9.22. The predicted molar refractivity (Wildman–Crippen MR) is 74.5 cm³/mol. The zero-order chi connectivity index (χ0) is 13.2. The molecule has 0 atom stereocenters. The molecular weight excluding hydrogens is 263 g/mol. The fraction of sp³-hybridized carbons (Fsp3) is 0.267. The fourth-order valence-electron chi connectivity index (χ4n) is 2.00. The van der Waals surface area contributed by atoms with Gasteiger partial charge in [0, 0.05) is 41.1 Å². The molecule has 2 nitrogen and oxygen atoms in total. The van der Waals surface area contributed by atoms with Crippen molar-refractivity contribution in [3.05, 3.63) is 53.1 Å². The van der Waals surface area contributed by atoms with Crippen molar-refractivity contribution in [3.63, 3.8) is 0 Å². The van der Waals surface area contributed by atoms with Crippen LogP contribution in [0.25, 0.3) is 11.1 Å². The molecular formula is C15H14ClFN2. The third kappa shape index (κ3) is 3.11. The standard InChI is InChI=1S/C15H14ClFN2/c16-12-1-4-14(15(17)6-12)11-5-10(7-18-9-11)8-19-13-2-3-13/h1,4-7,9,13,19H,2-3,8H2. The summed E-state index contributed by atoms with van der Waals surface area (Å²) in [5.74, 6) is -0.318. The van der Waals surface area contributed by atoms with E-state index in [9.17, 15) is 4.39 Å². The molecule has 1 saturated carbocycles. The molecule has 1 heterocycles. The summed E-state index contributed by atoms with van der Waals surface area (Å²) in [6.45, 7) is 0.778. The van der Waals surface area contributed by atoms with E-state index in [1.54, 1.807) is 18.3 Å². The van der Waals surface area contributed by atoms with E-state index in [0.717, 1.165) is 17.7 Å². The van der Waals surface area contributed by atoms with Crippen molar-refractivity contribution < 1.29 is 4.39 Å². The minimum atomic E-state index is -0.318. The Kier molecular flexibility index (Phi) is 3.49. The molecule has 0 aliphatic heterocycles. The summed E-state index contributed by atoms with van der Waals surface area (Å²) in [4.78, 5) is 4.18. The lowest BCUT2D eigenvalue weighted by Gasteiger charge is -2.07. The van der Waals surface area contributed by atoms with Crippen molar-refractivity contribution in [1.29, 1.82) is 0 Å². The van der Waals surface area contributed by atoms with Crippen molar-refractivity contribution >= 4 is 11.6 Å². The molecule has 2 aromatic rings. The minimum absolute atomic E-state index is 0.318. The van der Waals surface area contributed by atoms with E-state index >= 15 is 0 Å². The number of hydrogen-bond donors (Lipinski definition) is 1. The number of benzene rings is 1. The van der Waals surface area contributed by atoms with Gasteiger partial charge in [0.2, 0.25) is 0 Å². The molecule has 4 heteroatoms. The lowest BCUT2D eigenvalue weighted by atomic mass is 10.1. The number of pyridine rings is 1. The molecule has 1 aliphatic carbocycles. The third-order valence-corrected chi connectivity index (χ3v) is 3.44. The summed E-state index contributed by atoms with van der Waals surface area (Å²) in [5.41, 5.74) is 2.38. The molecule has 0 spiro atoms. The molecule has 1 aromatic carbocycles. The van der Waals surface area contributed by atoms with E-state index in [2.05, 4.69) is 10.3 Å². The molecule has 1 fully saturated rings. The molecule has 3 rings (SSSR count). The quantitative estimate of drug-likeness (QED) is 0.919. The Hall–Kier alpha value is -1.45. The van der Waals surface area contributed by atoms with Gasteiger partial charge >= 0.3 is 0 Å². The van der Waals surface area contributed by atoms with Crippen LogP contribution in [-0.2, 0) is 6.54 Å². The highest BCUT2D eigenvalue weighted by Crippen LogP contribution is 2.25. The van der Waals surface area contributed by atoms with Crippen molar-refractivity contribution in [3.8, 4) is 11.1 Å². The zero-order valence-corrected chi connectivity index (χ0v) is 11.1. The lowest BCUT2D eigenvalue weighted by molar-refractivity contribution is 0.631. The van der Waals surface area contributed by atoms with Crippen LogP contribution in [0.15, 0.2) is 36.7 Å². The first-order valence-corrected chi connectivity index (χ1v) is 6.73. The van der Waals surface area contributed by atoms with Crippen LogP contribution in [0.2, 0.25) is 5.02 Å². The number of nitrogens with zero attached hydrogens (tertiary/aromatic N) is 1. The smallest absolute Gasteiger partial charge is 0.132 e. The summed E-state index contributed by atoms with van der Waals surface area (Å²) in [6, 6.07) is 7.32. The van der Waals surface area contributed by atoms with Gasteiger partial charge in [-0.3, -0.25) is 4.98 Å². The molecule has 0 bridgehead atoms. The van der Waals surface area contributed by atoms with E-state index in [-0.39, 0.29) is 5.82 Å². The third-order valence-electron chi connectivity index (χ3n) is 3.21. The summed E-state index contributed by atoms with van der Waals surface area (Å²) in [7, 11) is 0. The van der Waals surface area contributed by atoms with Gasteiger partial charge in [0.25, 0.3) is 0 Å². The second-order valence-electron chi connectivity index (χ2n) is 4.86. The van der Waals surface area contributed by atoms with Crippen LogP contribution in [0.4, 0.5) is 4.39 Å². The predicted octanol–water partition coefficient (Wildman–Crippen LogP) is 3.79. The molecule has 1 N–H and O–H groups in total. The monoisotopic (exact) mass is 276 g/mol. The fourth-order valence-corrected chi connectivity index (χ4v) is 2.16. The zero-order valence-electron chi connectivity index (χ0n) is 10.4. The molecule has 1 aliphatic rings. The van der Waals surface area contributed by atoms with Gasteiger partial charge < -0.3 is 5.32 Å². The summed E-state index contributed by atoms with van der Waals surface area (Å²) in [6.07, 6.45) is 5.98. The van der Waals surface area contributed by atoms with E-state index < -0.39 is 0 Å². The topological polar surface area (TPSA) is 24.9 Å². The van der Waals surface area contributed by atoms with Crippen LogP contribution < -0.4 is 5.32 Å². The lowest BCUT2D eigenvalue weighted by Crippen LogP contribution is -2.15. The second-order valence-corrected chi connectivity index (χ2v) is 5.30. The summed E-state index contributed by atoms with van der Waals surface area (Å²) < 4.78 is 13.9. The van der Waals surface area contributed by atoms with Crippen LogP contribution in [0.3, 0.4) is 0 Å². The Morgan fingerprint density at radius 2 is 2.11 bits per heavy atom. The van der Waals surface area contributed by atoms with E-state index in [0.29, 0.717) is 16.6 Å². The normalized spacial score (nSPS) is 14.6. The Morgan fingerprint density at radius 1 is 1.26 bits per heavy atom. The van der Waals surface area contributed by atoms with Gasteiger partial charge in [0.05, 0.1) is 0 Å². The first kappa shape index (κ1) is 12.6. The largest absolute Gasteiger partial charge is 0.310 e. The van der Waals surface area contributed by atoms with Crippen molar-refractivity contribution in [2.75, 3.05) is 0 Å². The molecule has 0 radical (unpaired) electrons. The van der Waals surface area contributed by atoms with Gasteiger partial charge in [-0.25, -0.2) is 4.39 Å². The first-order valence-electron chi connectivity index (χ1n) is 6.35. The number of hydrogen-bond acceptors (Lipinski definition) is 2. The van der Waals surface area contributed by atoms with Gasteiger partial charge in [0.15, 0.2) is 0 Å². The Balaban J connectivity index is 1.84. The Bertz CT molecular complexity index is 596. The van der Waals surface area contributed by atoms with Gasteiger partial charge in [-0.05, 0) is 42.7 Å². The molecule has 0 amide bonds. The highest BCUT2D eigenvalue weighted by molar-refractivity contribution is 6.30. The Labute approximate surface area is 116 Å². The molecule has 0 saturated heterocycles. The second kappa shape index (κ2) is 5.27. The van der Waals surface area contributed by atoms with Crippen LogP contribution >= 0.6 is 11.6 Å². The maximum atomic E-state index is 13.9. The number of aromatic nitrogens is 1. The minimum Gasteiger partial charge on any atom is -0.310 e. The van der Waals surface area contributed by atoms with E-state index in [1.165, 1.54) is 18.9 Å². The van der Waals surface area contributed by atoms with Gasteiger partial charge in [-0.15, -0.1) is 0 Å². The highest BCUT2D eigenvalue weighted by Gasteiger charge is 2.20. The molecule has 1 aromatic heterocycles. The van der Waals surface area contributed by atoms with Crippen LogP contribution in [0, 0.1) is 5.82 Å². The summed E-state index contributed by atoms with van der Waals surface area (Å²) in [5, 5.41) is 3.82. The average molecular weight is 277 g/mol. The maximum Gasteiger partial charge on any atom is 0.132 e. The number of rotatable bonds is 4. The van der Waals surface area contributed by atoms with Crippen LogP contribution in [-0.4, -0.2) is 11.0 Å². The number of nitrogens with one attached hydrogen (secondary N) is 1. The van der Waals surface area contributed by atoms with Gasteiger partial charge in [-0.2, -0.15) is 0 Å². The summed E-state index contributed by atoms with van der Waals surface area (Å²) >= 11 is 5.76.